The van der Waals surface area contributed by atoms with Gasteiger partial charge in [-0.25, -0.2) is 4.79 Å². The maximum Gasteiger partial charge on any atom is 0.330 e. The first kappa shape index (κ1) is 18.7. The molecular weight excluding hydrogens is 433 g/mol. The van der Waals surface area contributed by atoms with Gasteiger partial charge in [0.2, 0.25) is 5.91 Å². The number of carbonyl (C=O) groups excluding carboxylic acids is 1. The minimum absolute atomic E-state index is 0.0314. The fourth-order valence-electron chi connectivity index (χ4n) is 2.17. The monoisotopic (exact) mass is 449 g/mol. The van der Waals surface area contributed by atoms with Gasteiger partial charge in [-0.05, 0) is 0 Å². The molecule has 0 aromatic carbocycles. The molecular formula is C14H16IN3O6. The Morgan fingerprint density at radius 3 is 2.92 bits per heavy atom. The third-order valence-corrected chi connectivity index (χ3v) is 4.07. The van der Waals surface area contributed by atoms with Crippen molar-refractivity contribution in [1.29, 1.82) is 0 Å². The van der Waals surface area contributed by atoms with Gasteiger partial charge in [-0.15, -0.1) is 0 Å². The Morgan fingerprint density at radius 2 is 2.29 bits per heavy atom. The van der Waals surface area contributed by atoms with E-state index in [0.29, 0.717) is 4.43 Å². The van der Waals surface area contributed by atoms with Crippen molar-refractivity contribution in [3.8, 4) is 11.8 Å². The van der Waals surface area contributed by atoms with Crippen LogP contribution >= 0.6 is 22.6 Å². The van der Waals surface area contributed by atoms with Crippen LogP contribution in [0.5, 0.6) is 0 Å². The van der Waals surface area contributed by atoms with Crippen LogP contribution in [0.1, 0.15) is 18.2 Å². The topological polar surface area (TPSA) is 134 Å². The lowest BCUT2D eigenvalue weighted by Gasteiger charge is -2.14. The zero-order chi connectivity index (χ0) is 17.7. The molecule has 3 atom stereocenters. The van der Waals surface area contributed by atoms with Crippen LogP contribution in [0.25, 0.3) is 0 Å². The predicted molar refractivity (Wildman–Crippen MR) is 91.7 cm³/mol. The Hall–Kier alpha value is -1.68. The first-order valence-corrected chi connectivity index (χ1v) is 8.60. The van der Waals surface area contributed by atoms with Gasteiger partial charge in [0.1, 0.15) is 17.9 Å². The average molecular weight is 449 g/mol. The van der Waals surface area contributed by atoms with E-state index in [-0.39, 0.29) is 31.0 Å². The standard InChI is InChI=1S/C14H16IN3O6/c15-5-11(21)16-3-1-2-8-6-18(14(23)17-13(8)22)12-4-9(20)10(7-19)24-12/h6,9-10,12,19-20H,3-5,7H2,(H,16,21)(H,17,22,23)/t9?,10-,12-/m0/s1. The van der Waals surface area contributed by atoms with Crippen LogP contribution in [0, 0.1) is 11.8 Å². The van der Waals surface area contributed by atoms with Crippen LogP contribution in [-0.4, -0.2) is 55.5 Å². The number of rotatable bonds is 4. The minimum Gasteiger partial charge on any atom is -0.394 e. The molecule has 24 heavy (non-hydrogen) atoms. The van der Waals surface area contributed by atoms with Gasteiger partial charge in [0, 0.05) is 12.6 Å². The normalized spacial score (nSPS) is 22.7. The molecule has 130 valence electrons. The van der Waals surface area contributed by atoms with Crippen molar-refractivity contribution in [2.75, 3.05) is 17.6 Å². The Morgan fingerprint density at radius 1 is 1.54 bits per heavy atom. The van der Waals surface area contributed by atoms with Crippen molar-refractivity contribution >= 4 is 28.5 Å². The van der Waals surface area contributed by atoms with Gasteiger partial charge in [-0.3, -0.25) is 19.1 Å². The van der Waals surface area contributed by atoms with Crippen LogP contribution in [0.3, 0.4) is 0 Å². The Bertz CT molecular complexity index is 777. The summed E-state index contributed by atoms with van der Waals surface area (Å²) >= 11 is 1.91. The summed E-state index contributed by atoms with van der Waals surface area (Å²) < 4.78 is 6.81. The first-order valence-electron chi connectivity index (χ1n) is 7.07. The number of hydrogen-bond acceptors (Lipinski definition) is 6. The van der Waals surface area contributed by atoms with Crippen LogP contribution in [0.4, 0.5) is 0 Å². The van der Waals surface area contributed by atoms with Crippen LogP contribution in [0.2, 0.25) is 0 Å². The van der Waals surface area contributed by atoms with Gasteiger partial charge in [-0.1, -0.05) is 34.4 Å². The summed E-state index contributed by atoms with van der Waals surface area (Å²) in [6.45, 7) is -0.301. The van der Waals surface area contributed by atoms with E-state index < -0.39 is 29.7 Å². The van der Waals surface area contributed by atoms with Gasteiger partial charge < -0.3 is 20.3 Å². The largest absolute Gasteiger partial charge is 0.394 e. The molecule has 1 unspecified atom stereocenters. The molecule has 0 aliphatic carbocycles. The smallest absolute Gasteiger partial charge is 0.330 e. The predicted octanol–water partition coefficient (Wildman–Crippen LogP) is -1.92. The number of ether oxygens (including phenoxy) is 1. The van der Waals surface area contributed by atoms with E-state index >= 15 is 0 Å². The highest BCUT2D eigenvalue weighted by Gasteiger charge is 2.35. The molecule has 0 spiro atoms. The second-order valence-electron chi connectivity index (χ2n) is 5.04. The van der Waals surface area contributed by atoms with Gasteiger partial charge in [-0.2, -0.15) is 0 Å². The molecule has 2 heterocycles. The zero-order valence-electron chi connectivity index (χ0n) is 12.5. The number of carbonyl (C=O) groups is 1. The fourth-order valence-corrected chi connectivity index (χ4v) is 2.44. The SMILES string of the molecule is O=C(CI)NCC#Cc1cn([C@@H]2CC(O)[C@H](CO)O2)c(=O)[nH]c1=O. The lowest BCUT2D eigenvalue weighted by Crippen LogP contribution is -2.33. The van der Waals surface area contributed by atoms with Gasteiger partial charge in [0.25, 0.3) is 5.56 Å². The molecule has 1 fully saturated rings. The molecule has 0 radical (unpaired) electrons. The van der Waals surface area contributed by atoms with E-state index in [1.165, 1.54) is 6.20 Å². The van der Waals surface area contributed by atoms with Crippen molar-refractivity contribution in [3.05, 3.63) is 32.6 Å². The number of aliphatic hydroxyl groups excluding tert-OH is 2. The lowest BCUT2D eigenvalue weighted by atomic mass is 10.2. The van der Waals surface area contributed by atoms with E-state index in [4.69, 9.17) is 9.84 Å². The highest BCUT2D eigenvalue weighted by Crippen LogP contribution is 2.27. The molecule has 0 saturated carbocycles. The molecule has 9 nitrogen and oxygen atoms in total. The van der Waals surface area contributed by atoms with Crippen molar-refractivity contribution in [1.82, 2.24) is 14.9 Å². The van der Waals surface area contributed by atoms with E-state index in [1.807, 2.05) is 22.6 Å². The summed E-state index contributed by atoms with van der Waals surface area (Å²) in [5, 5.41) is 21.4. The maximum atomic E-state index is 11.9. The number of hydrogen-bond donors (Lipinski definition) is 4. The van der Waals surface area contributed by atoms with E-state index in [2.05, 4.69) is 22.1 Å². The molecule has 2 rings (SSSR count). The third kappa shape index (κ3) is 4.44. The first-order chi connectivity index (χ1) is 11.5. The molecule has 1 amide bonds. The molecule has 1 saturated heterocycles. The van der Waals surface area contributed by atoms with E-state index in [1.54, 1.807) is 0 Å². The fraction of sp³-hybridized carbons (Fsp3) is 0.500. The second-order valence-corrected chi connectivity index (χ2v) is 5.80. The third-order valence-electron chi connectivity index (χ3n) is 3.38. The zero-order valence-corrected chi connectivity index (χ0v) is 14.6. The van der Waals surface area contributed by atoms with Crippen molar-refractivity contribution in [2.24, 2.45) is 0 Å². The average Bonchev–Trinajstić information content (AvgIpc) is 2.93. The highest BCUT2D eigenvalue weighted by atomic mass is 127. The number of H-pyrrole nitrogens is 1. The van der Waals surface area contributed by atoms with Crippen molar-refractivity contribution < 1.29 is 19.7 Å². The Kier molecular flexibility index (Phi) is 6.55. The molecule has 1 aliphatic rings. The summed E-state index contributed by atoms with van der Waals surface area (Å²) in [6.07, 6.45) is -1.15. The number of aromatic nitrogens is 2. The second kappa shape index (κ2) is 8.43. The Labute approximate surface area is 150 Å². The van der Waals surface area contributed by atoms with Crippen LogP contribution < -0.4 is 16.6 Å². The Balaban J connectivity index is 2.20. The minimum atomic E-state index is -0.906. The van der Waals surface area contributed by atoms with E-state index in [0.717, 1.165) is 4.57 Å². The van der Waals surface area contributed by atoms with Gasteiger partial charge in [0.15, 0.2) is 0 Å². The molecule has 0 bridgehead atoms. The lowest BCUT2D eigenvalue weighted by molar-refractivity contribution is -0.118. The summed E-state index contributed by atoms with van der Waals surface area (Å²) in [7, 11) is 0. The molecule has 10 heteroatoms. The van der Waals surface area contributed by atoms with Gasteiger partial charge >= 0.3 is 5.69 Å². The van der Waals surface area contributed by atoms with Crippen LogP contribution in [-0.2, 0) is 9.53 Å². The summed E-state index contributed by atoms with van der Waals surface area (Å²) in [5.41, 5.74) is -1.32. The maximum absolute atomic E-state index is 11.9. The number of halogens is 1. The van der Waals surface area contributed by atoms with Crippen molar-refractivity contribution in [3.63, 3.8) is 0 Å². The summed E-state index contributed by atoms with van der Waals surface area (Å²) in [6, 6.07) is 0. The number of amides is 1. The highest BCUT2D eigenvalue weighted by molar-refractivity contribution is 14.1. The van der Waals surface area contributed by atoms with Gasteiger partial charge in [0.05, 0.1) is 23.7 Å². The van der Waals surface area contributed by atoms with Crippen molar-refractivity contribution in [2.45, 2.75) is 24.9 Å². The van der Waals surface area contributed by atoms with E-state index in [9.17, 15) is 19.5 Å². The summed E-state index contributed by atoms with van der Waals surface area (Å²) in [5.74, 6) is 5.03. The number of alkyl halides is 1. The molecule has 1 aromatic heterocycles. The number of nitrogens with one attached hydrogen (secondary N) is 2. The molecule has 1 aliphatic heterocycles. The molecule has 4 N–H and O–H groups in total. The quantitative estimate of drug-likeness (QED) is 0.241. The van der Waals surface area contributed by atoms with Crippen LogP contribution in [0.15, 0.2) is 15.8 Å². The number of aliphatic hydroxyl groups is 2. The summed E-state index contributed by atoms with van der Waals surface area (Å²) in [4.78, 5) is 36.9. The molecule has 1 aromatic rings. The number of aromatic amines is 1. The number of nitrogens with zero attached hydrogens (tertiary/aromatic N) is 1.